The van der Waals surface area contributed by atoms with E-state index in [0.717, 1.165) is 6.42 Å². The van der Waals surface area contributed by atoms with Gasteiger partial charge in [0.1, 0.15) is 11.8 Å². The first-order chi connectivity index (χ1) is 9.99. The highest BCUT2D eigenvalue weighted by Crippen LogP contribution is 2.20. The van der Waals surface area contributed by atoms with E-state index >= 15 is 0 Å². The summed E-state index contributed by atoms with van der Waals surface area (Å²) in [4.78, 5) is 24.5. The minimum absolute atomic E-state index is 0.120. The predicted molar refractivity (Wildman–Crippen MR) is 78.4 cm³/mol. The molecule has 21 heavy (non-hydrogen) atoms. The number of carbonyl (C=O) groups is 2. The van der Waals surface area contributed by atoms with E-state index < -0.39 is 12.0 Å². The van der Waals surface area contributed by atoms with E-state index in [9.17, 15) is 9.59 Å². The maximum absolute atomic E-state index is 12.0. The molecule has 1 heterocycles. The number of benzene rings is 1. The molecule has 0 aromatic heterocycles. The van der Waals surface area contributed by atoms with Gasteiger partial charge in [0.15, 0.2) is 6.61 Å². The summed E-state index contributed by atoms with van der Waals surface area (Å²) in [6.07, 6.45) is 1.25. The molecule has 0 bridgehead atoms. The molecule has 1 N–H and O–H groups in total. The van der Waals surface area contributed by atoms with Crippen LogP contribution in [0.3, 0.4) is 0 Å². The molecule has 1 fully saturated rings. The third-order valence-electron chi connectivity index (χ3n) is 3.77. The molecular weight excluding hydrogens is 270 g/mol. The lowest BCUT2D eigenvalue weighted by Crippen LogP contribution is -2.42. The topological polar surface area (TPSA) is 66.8 Å². The summed E-state index contributed by atoms with van der Waals surface area (Å²) < 4.78 is 5.46. The lowest BCUT2D eigenvalue weighted by atomic mass is 10.0. The second-order valence-corrected chi connectivity index (χ2v) is 5.60. The Morgan fingerprint density at radius 2 is 2.00 bits per heavy atom. The van der Waals surface area contributed by atoms with Crippen molar-refractivity contribution in [3.05, 3.63) is 29.8 Å². The molecule has 5 nitrogen and oxygen atoms in total. The lowest BCUT2D eigenvalue weighted by molar-refractivity contribution is -0.148. The van der Waals surface area contributed by atoms with Crippen LogP contribution < -0.4 is 4.74 Å². The van der Waals surface area contributed by atoms with Gasteiger partial charge in [-0.3, -0.25) is 4.79 Å². The number of likely N-dealkylation sites (tertiary alicyclic amines) is 1. The van der Waals surface area contributed by atoms with Crippen molar-refractivity contribution in [2.75, 3.05) is 13.2 Å². The molecule has 1 amide bonds. The van der Waals surface area contributed by atoms with Crippen LogP contribution >= 0.6 is 0 Å². The van der Waals surface area contributed by atoms with Crippen molar-refractivity contribution in [1.82, 2.24) is 4.90 Å². The van der Waals surface area contributed by atoms with Crippen LogP contribution in [0.2, 0.25) is 0 Å². The second kappa shape index (κ2) is 6.61. The Bertz CT molecular complexity index is 510. The van der Waals surface area contributed by atoms with Crippen molar-refractivity contribution in [1.29, 1.82) is 0 Å². The fraction of sp³-hybridized carbons (Fsp3) is 0.500. The lowest BCUT2D eigenvalue weighted by Gasteiger charge is -2.21. The van der Waals surface area contributed by atoms with Crippen LogP contribution in [0, 0.1) is 0 Å². The number of nitrogens with zero attached hydrogens (tertiary/aromatic N) is 1. The van der Waals surface area contributed by atoms with Crippen LogP contribution in [0.5, 0.6) is 5.75 Å². The largest absolute Gasteiger partial charge is 0.484 e. The third-order valence-corrected chi connectivity index (χ3v) is 3.77. The Hall–Kier alpha value is -2.04. The van der Waals surface area contributed by atoms with Gasteiger partial charge in [0.05, 0.1) is 0 Å². The average molecular weight is 291 g/mol. The molecule has 1 aliphatic rings. The zero-order valence-electron chi connectivity index (χ0n) is 12.4. The number of amides is 1. The van der Waals surface area contributed by atoms with Crippen molar-refractivity contribution in [2.24, 2.45) is 0 Å². The van der Waals surface area contributed by atoms with Crippen LogP contribution in [-0.4, -0.2) is 41.1 Å². The minimum Gasteiger partial charge on any atom is -0.484 e. The highest BCUT2D eigenvalue weighted by molar-refractivity contribution is 5.85. The molecule has 1 aromatic rings. The van der Waals surface area contributed by atoms with Crippen molar-refractivity contribution in [3.8, 4) is 5.75 Å². The molecule has 0 aliphatic carbocycles. The van der Waals surface area contributed by atoms with Crippen molar-refractivity contribution < 1.29 is 19.4 Å². The molecule has 5 heteroatoms. The molecule has 114 valence electrons. The highest BCUT2D eigenvalue weighted by Gasteiger charge is 2.33. The number of carboxylic acid groups (broad SMARTS) is 1. The van der Waals surface area contributed by atoms with E-state index in [1.807, 2.05) is 24.3 Å². The normalized spacial score (nSPS) is 18.0. The zero-order valence-corrected chi connectivity index (χ0v) is 12.4. The maximum atomic E-state index is 12.0. The Morgan fingerprint density at radius 3 is 2.57 bits per heavy atom. The SMILES string of the molecule is CC(C)c1ccc(OCC(=O)N2CCC[C@H]2C(=O)O)cc1. The van der Waals surface area contributed by atoms with Gasteiger partial charge in [-0.1, -0.05) is 26.0 Å². The summed E-state index contributed by atoms with van der Waals surface area (Å²) in [6, 6.07) is 6.91. The molecule has 1 aromatic carbocycles. The van der Waals surface area contributed by atoms with Gasteiger partial charge in [0, 0.05) is 6.54 Å². The van der Waals surface area contributed by atoms with Gasteiger partial charge >= 0.3 is 5.97 Å². The summed E-state index contributed by atoms with van der Waals surface area (Å²) in [5, 5.41) is 9.07. The summed E-state index contributed by atoms with van der Waals surface area (Å²) in [5.74, 6) is -0.143. The molecule has 0 radical (unpaired) electrons. The van der Waals surface area contributed by atoms with E-state index in [4.69, 9.17) is 9.84 Å². The summed E-state index contributed by atoms with van der Waals surface area (Å²) in [6.45, 7) is 4.59. The quantitative estimate of drug-likeness (QED) is 0.903. The van der Waals surface area contributed by atoms with Gasteiger partial charge in [-0.15, -0.1) is 0 Å². The smallest absolute Gasteiger partial charge is 0.326 e. The first-order valence-corrected chi connectivity index (χ1v) is 7.24. The summed E-state index contributed by atoms with van der Waals surface area (Å²) in [7, 11) is 0. The number of carboxylic acids is 1. The number of aliphatic carboxylic acids is 1. The number of rotatable bonds is 5. The van der Waals surface area contributed by atoms with E-state index in [2.05, 4.69) is 13.8 Å². The standard InChI is InChI=1S/C16H21NO4/c1-11(2)12-5-7-13(8-6-12)21-10-15(18)17-9-3-4-14(17)16(19)20/h5-8,11,14H,3-4,9-10H2,1-2H3,(H,19,20)/t14-/m0/s1. The Balaban J connectivity index is 1.90. The fourth-order valence-corrected chi connectivity index (χ4v) is 2.50. The van der Waals surface area contributed by atoms with Gasteiger partial charge < -0.3 is 14.7 Å². The zero-order chi connectivity index (χ0) is 15.4. The maximum Gasteiger partial charge on any atom is 0.326 e. The Morgan fingerprint density at radius 1 is 1.33 bits per heavy atom. The van der Waals surface area contributed by atoms with E-state index in [-0.39, 0.29) is 12.5 Å². The van der Waals surface area contributed by atoms with E-state index in [1.165, 1.54) is 10.5 Å². The van der Waals surface area contributed by atoms with E-state index in [0.29, 0.717) is 24.6 Å². The van der Waals surface area contributed by atoms with Crippen LogP contribution in [0.1, 0.15) is 38.2 Å². The minimum atomic E-state index is -0.942. The highest BCUT2D eigenvalue weighted by atomic mass is 16.5. The van der Waals surface area contributed by atoms with Gasteiger partial charge in [0.25, 0.3) is 5.91 Å². The van der Waals surface area contributed by atoms with Crippen LogP contribution in [0.25, 0.3) is 0 Å². The van der Waals surface area contributed by atoms with Gasteiger partial charge in [-0.25, -0.2) is 4.79 Å². The van der Waals surface area contributed by atoms with Crippen molar-refractivity contribution >= 4 is 11.9 Å². The van der Waals surface area contributed by atoms with Gasteiger partial charge in [-0.2, -0.15) is 0 Å². The first-order valence-electron chi connectivity index (χ1n) is 7.24. The number of ether oxygens (including phenoxy) is 1. The number of hydrogen-bond acceptors (Lipinski definition) is 3. The molecule has 1 saturated heterocycles. The molecule has 0 spiro atoms. The van der Waals surface area contributed by atoms with Crippen LogP contribution in [0.4, 0.5) is 0 Å². The molecular formula is C16H21NO4. The molecule has 0 saturated carbocycles. The molecule has 0 unspecified atom stereocenters. The second-order valence-electron chi connectivity index (χ2n) is 5.60. The molecule has 1 atom stereocenters. The van der Waals surface area contributed by atoms with Gasteiger partial charge in [0.2, 0.25) is 0 Å². The molecule has 1 aliphatic heterocycles. The van der Waals surface area contributed by atoms with Crippen molar-refractivity contribution in [3.63, 3.8) is 0 Å². The number of carbonyl (C=O) groups excluding carboxylic acids is 1. The van der Waals surface area contributed by atoms with Gasteiger partial charge in [-0.05, 0) is 36.5 Å². The monoisotopic (exact) mass is 291 g/mol. The third kappa shape index (κ3) is 3.74. The first kappa shape index (κ1) is 15.4. The summed E-state index contributed by atoms with van der Waals surface area (Å²) >= 11 is 0. The Kier molecular flexibility index (Phi) is 4.83. The van der Waals surface area contributed by atoms with Crippen LogP contribution in [0.15, 0.2) is 24.3 Å². The number of hydrogen-bond donors (Lipinski definition) is 1. The van der Waals surface area contributed by atoms with E-state index in [1.54, 1.807) is 0 Å². The molecule has 2 rings (SSSR count). The van der Waals surface area contributed by atoms with Crippen molar-refractivity contribution in [2.45, 2.75) is 38.6 Å². The predicted octanol–water partition coefficient (Wildman–Crippen LogP) is 2.26. The van der Waals surface area contributed by atoms with Crippen LogP contribution in [-0.2, 0) is 9.59 Å². The summed E-state index contributed by atoms with van der Waals surface area (Å²) in [5.41, 5.74) is 1.21. The average Bonchev–Trinajstić information content (AvgIpc) is 2.95. The fourth-order valence-electron chi connectivity index (χ4n) is 2.50. The Labute approximate surface area is 124 Å².